The van der Waals surface area contributed by atoms with Crippen LogP contribution in [0.25, 0.3) is 0 Å². The number of nitrogens with zero attached hydrogens (tertiary/aromatic N) is 1. The summed E-state index contributed by atoms with van der Waals surface area (Å²) in [6, 6.07) is 8.31. The van der Waals surface area contributed by atoms with E-state index in [2.05, 4.69) is 28.4 Å². The van der Waals surface area contributed by atoms with Gasteiger partial charge in [0, 0.05) is 18.2 Å². The predicted molar refractivity (Wildman–Crippen MR) is 75.3 cm³/mol. The number of aryl methyl sites for hydroxylation is 2. The molecule has 1 aliphatic carbocycles. The Labute approximate surface area is 113 Å². The topological polar surface area (TPSA) is 63.9 Å². The summed E-state index contributed by atoms with van der Waals surface area (Å²) in [5.41, 5.74) is 9.50. The van der Waals surface area contributed by atoms with Gasteiger partial charge >= 0.3 is 0 Å². The highest BCUT2D eigenvalue weighted by Crippen LogP contribution is 2.25. The van der Waals surface area contributed by atoms with Crippen molar-refractivity contribution < 1.29 is 4.74 Å². The number of aromatic amines is 1. The van der Waals surface area contributed by atoms with Gasteiger partial charge in [-0.15, -0.1) is 0 Å². The van der Waals surface area contributed by atoms with Crippen molar-refractivity contribution in [3.63, 3.8) is 0 Å². The van der Waals surface area contributed by atoms with Gasteiger partial charge in [-0.3, -0.25) is 5.10 Å². The highest BCUT2D eigenvalue weighted by molar-refractivity contribution is 5.37. The predicted octanol–water partition coefficient (Wildman–Crippen LogP) is 2.49. The summed E-state index contributed by atoms with van der Waals surface area (Å²) in [7, 11) is 0. The molecule has 19 heavy (non-hydrogen) atoms. The Morgan fingerprint density at radius 2 is 2.00 bits per heavy atom. The number of ether oxygens (including phenoxy) is 1. The Bertz CT molecular complexity index is 562. The first-order chi connectivity index (χ1) is 9.31. The van der Waals surface area contributed by atoms with Gasteiger partial charge in [0.25, 0.3) is 0 Å². The molecule has 0 bridgehead atoms. The maximum atomic E-state index is 5.80. The number of benzene rings is 1. The Balaban J connectivity index is 1.58. The van der Waals surface area contributed by atoms with Crippen LogP contribution >= 0.6 is 0 Å². The summed E-state index contributed by atoms with van der Waals surface area (Å²) in [4.78, 5) is 0. The molecule has 0 saturated heterocycles. The number of hydrogen-bond acceptors (Lipinski definition) is 3. The van der Waals surface area contributed by atoms with Gasteiger partial charge in [-0.2, -0.15) is 5.10 Å². The maximum Gasteiger partial charge on any atom is 0.145 e. The second-order valence-electron chi connectivity index (χ2n) is 5.05. The number of anilines is 1. The van der Waals surface area contributed by atoms with Crippen molar-refractivity contribution in [1.29, 1.82) is 0 Å². The highest BCUT2D eigenvalue weighted by Gasteiger charge is 2.09. The lowest BCUT2D eigenvalue weighted by atomic mass is 9.92. The second-order valence-corrected chi connectivity index (χ2v) is 5.05. The lowest BCUT2D eigenvalue weighted by Crippen LogP contribution is -2.05. The highest BCUT2D eigenvalue weighted by atomic mass is 16.5. The third kappa shape index (κ3) is 2.89. The standard InChI is InChI=1S/C15H19N3O/c16-15-10-13(17-18-15)7-8-19-14-6-5-11-3-1-2-4-12(11)9-14/h5-6,9-10H,1-4,7-8H2,(H3,16,17,18). The number of rotatable bonds is 4. The van der Waals surface area contributed by atoms with E-state index < -0.39 is 0 Å². The molecule has 100 valence electrons. The van der Waals surface area contributed by atoms with Gasteiger partial charge in [-0.05, 0) is 48.9 Å². The van der Waals surface area contributed by atoms with Crippen LogP contribution in [0, 0.1) is 0 Å². The zero-order valence-corrected chi connectivity index (χ0v) is 11.0. The lowest BCUT2D eigenvalue weighted by molar-refractivity contribution is 0.320. The first kappa shape index (κ1) is 12.1. The Morgan fingerprint density at radius 3 is 2.79 bits per heavy atom. The molecule has 2 aromatic rings. The molecule has 1 heterocycles. The molecule has 0 radical (unpaired) electrons. The number of nitrogen functional groups attached to an aromatic ring is 1. The van der Waals surface area contributed by atoms with E-state index in [1.807, 2.05) is 6.07 Å². The molecular weight excluding hydrogens is 238 g/mol. The van der Waals surface area contributed by atoms with Crippen molar-refractivity contribution in [2.75, 3.05) is 12.3 Å². The van der Waals surface area contributed by atoms with Crippen molar-refractivity contribution in [3.05, 3.63) is 41.1 Å². The summed E-state index contributed by atoms with van der Waals surface area (Å²) in [5, 5.41) is 6.78. The molecule has 4 heteroatoms. The molecule has 4 nitrogen and oxygen atoms in total. The van der Waals surface area contributed by atoms with Crippen molar-refractivity contribution in [1.82, 2.24) is 10.2 Å². The van der Waals surface area contributed by atoms with Gasteiger partial charge < -0.3 is 10.5 Å². The number of hydrogen-bond donors (Lipinski definition) is 2. The number of fused-ring (bicyclic) bond motifs is 1. The van der Waals surface area contributed by atoms with Crippen LogP contribution in [0.3, 0.4) is 0 Å². The minimum absolute atomic E-state index is 0.531. The minimum Gasteiger partial charge on any atom is -0.493 e. The third-order valence-electron chi connectivity index (χ3n) is 3.61. The lowest BCUT2D eigenvalue weighted by Gasteiger charge is -2.16. The van der Waals surface area contributed by atoms with E-state index in [0.717, 1.165) is 17.9 Å². The zero-order chi connectivity index (χ0) is 13.1. The van der Waals surface area contributed by atoms with Gasteiger partial charge in [-0.1, -0.05) is 6.07 Å². The summed E-state index contributed by atoms with van der Waals surface area (Å²) >= 11 is 0. The van der Waals surface area contributed by atoms with Crippen molar-refractivity contribution >= 4 is 5.82 Å². The molecule has 3 rings (SSSR count). The van der Waals surface area contributed by atoms with Crippen LogP contribution in [0.5, 0.6) is 5.75 Å². The van der Waals surface area contributed by atoms with E-state index in [1.54, 1.807) is 0 Å². The average Bonchev–Trinajstić information content (AvgIpc) is 2.84. The zero-order valence-electron chi connectivity index (χ0n) is 11.0. The second kappa shape index (κ2) is 5.34. The van der Waals surface area contributed by atoms with Crippen LogP contribution in [-0.4, -0.2) is 16.8 Å². The smallest absolute Gasteiger partial charge is 0.145 e. The van der Waals surface area contributed by atoms with Gasteiger partial charge in [-0.25, -0.2) is 0 Å². The average molecular weight is 257 g/mol. The maximum absolute atomic E-state index is 5.80. The Kier molecular flexibility index (Phi) is 3.40. The number of aromatic nitrogens is 2. The van der Waals surface area contributed by atoms with Gasteiger partial charge in [0.15, 0.2) is 0 Å². The van der Waals surface area contributed by atoms with Crippen molar-refractivity contribution in [2.45, 2.75) is 32.1 Å². The normalized spacial score (nSPS) is 14.1. The Morgan fingerprint density at radius 1 is 1.16 bits per heavy atom. The fourth-order valence-corrected chi connectivity index (χ4v) is 2.59. The number of nitrogens with one attached hydrogen (secondary N) is 1. The van der Waals surface area contributed by atoms with Crippen LogP contribution in [0.15, 0.2) is 24.3 Å². The van der Waals surface area contributed by atoms with Gasteiger partial charge in [0.05, 0.1) is 6.61 Å². The molecular formula is C15H19N3O. The van der Waals surface area contributed by atoms with E-state index in [4.69, 9.17) is 10.5 Å². The van der Waals surface area contributed by atoms with E-state index in [1.165, 1.54) is 36.8 Å². The van der Waals surface area contributed by atoms with E-state index >= 15 is 0 Å². The summed E-state index contributed by atoms with van der Waals surface area (Å²) in [6.45, 7) is 0.639. The van der Waals surface area contributed by atoms with Crippen molar-refractivity contribution in [2.24, 2.45) is 0 Å². The van der Waals surface area contributed by atoms with E-state index in [9.17, 15) is 0 Å². The molecule has 1 aromatic carbocycles. The van der Waals surface area contributed by atoms with Gasteiger partial charge in [0.1, 0.15) is 11.6 Å². The van der Waals surface area contributed by atoms with Crippen LogP contribution in [0.4, 0.5) is 5.82 Å². The van der Waals surface area contributed by atoms with Crippen LogP contribution in [0.2, 0.25) is 0 Å². The minimum atomic E-state index is 0.531. The molecule has 0 saturated carbocycles. The molecule has 0 unspecified atom stereocenters. The first-order valence-electron chi connectivity index (χ1n) is 6.85. The van der Waals surface area contributed by atoms with Crippen LogP contribution in [0.1, 0.15) is 29.7 Å². The Hall–Kier alpha value is -1.97. The van der Waals surface area contributed by atoms with E-state index in [-0.39, 0.29) is 0 Å². The van der Waals surface area contributed by atoms with Crippen LogP contribution < -0.4 is 10.5 Å². The van der Waals surface area contributed by atoms with Crippen molar-refractivity contribution in [3.8, 4) is 5.75 Å². The molecule has 0 amide bonds. The molecule has 0 fully saturated rings. The molecule has 0 atom stereocenters. The fourth-order valence-electron chi connectivity index (χ4n) is 2.59. The summed E-state index contributed by atoms with van der Waals surface area (Å²) < 4.78 is 5.80. The summed E-state index contributed by atoms with van der Waals surface area (Å²) in [5.74, 6) is 1.50. The van der Waals surface area contributed by atoms with Crippen LogP contribution in [-0.2, 0) is 19.3 Å². The largest absolute Gasteiger partial charge is 0.493 e. The quantitative estimate of drug-likeness (QED) is 0.884. The first-order valence-corrected chi connectivity index (χ1v) is 6.85. The molecule has 1 aliphatic rings. The molecule has 3 N–H and O–H groups in total. The summed E-state index contributed by atoms with van der Waals surface area (Å²) in [6.07, 6.45) is 5.80. The molecule has 0 aliphatic heterocycles. The number of H-pyrrole nitrogens is 1. The fraction of sp³-hybridized carbons (Fsp3) is 0.400. The van der Waals surface area contributed by atoms with E-state index in [0.29, 0.717) is 12.4 Å². The SMILES string of the molecule is Nc1cc(CCOc2ccc3c(c2)CCCC3)[nH]n1. The number of nitrogens with two attached hydrogens (primary N) is 1. The third-order valence-corrected chi connectivity index (χ3v) is 3.61. The monoisotopic (exact) mass is 257 g/mol. The molecule has 1 aromatic heterocycles. The molecule has 0 spiro atoms. The van der Waals surface area contributed by atoms with Gasteiger partial charge in [0.2, 0.25) is 0 Å².